The molecule has 18 heavy (non-hydrogen) atoms. The Morgan fingerprint density at radius 1 is 1.11 bits per heavy atom. The summed E-state index contributed by atoms with van der Waals surface area (Å²) in [4.78, 5) is 24.5. The first kappa shape index (κ1) is 12.5. The molecule has 1 aromatic rings. The number of carbonyl (C=O) groups excluding carboxylic acids is 2. The van der Waals surface area contributed by atoms with Crippen molar-refractivity contribution in [2.24, 2.45) is 0 Å². The minimum absolute atomic E-state index is 0.188. The number of benzene rings is 1. The van der Waals surface area contributed by atoms with Gasteiger partial charge in [-0.15, -0.1) is 0 Å². The average molecular weight is 247 g/mol. The van der Waals surface area contributed by atoms with Gasteiger partial charge in [-0.2, -0.15) is 0 Å². The van der Waals surface area contributed by atoms with Gasteiger partial charge in [-0.1, -0.05) is 12.1 Å². The molecule has 0 aromatic heterocycles. The zero-order valence-corrected chi connectivity index (χ0v) is 10.6. The van der Waals surface area contributed by atoms with Crippen LogP contribution < -0.4 is 0 Å². The van der Waals surface area contributed by atoms with Crippen LogP contribution in [0.1, 0.15) is 23.6 Å². The van der Waals surface area contributed by atoms with Crippen LogP contribution in [0, 0.1) is 19.7 Å². The lowest BCUT2D eigenvalue weighted by Crippen LogP contribution is -2.30. The second-order valence-corrected chi connectivity index (χ2v) is 4.60. The Hall–Kier alpha value is -1.97. The standard InChI is InChI=1S/C14H14FNO2/c1-8-4-11(5-9(2)13(8)15)7-16-12(17)6-10(3)14(16)18/h4-6H,7H2,1-3H3. The van der Waals surface area contributed by atoms with E-state index in [-0.39, 0.29) is 24.2 Å². The number of halogens is 1. The van der Waals surface area contributed by atoms with Crippen LogP contribution in [0.25, 0.3) is 0 Å². The van der Waals surface area contributed by atoms with Gasteiger partial charge in [-0.25, -0.2) is 4.39 Å². The van der Waals surface area contributed by atoms with Crippen molar-refractivity contribution in [2.45, 2.75) is 27.3 Å². The molecule has 0 fully saturated rings. The van der Waals surface area contributed by atoms with Crippen molar-refractivity contribution in [1.82, 2.24) is 4.90 Å². The molecule has 1 aliphatic heterocycles. The lowest BCUT2D eigenvalue weighted by Gasteiger charge is -2.15. The highest BCUT2D eigenvalue weighted by Gasteiger charge is 2.28. The normalized spacial score (nSPS) is 15.3. The van der Waals surface area contributed by atoms with E-state index in [2.05, 4.69) is 0 Å². The Kier molecular flexibility index (Phi) is 3.03. The van der Waals surface area contributed by atoms with E-state index in [1.165, 1.54) is 11.0 Å². The predicted molar refractivity (Wildman–Crippen MR) is 65.2 cm³/mol. The summed E-state index contributed by atoms with van der Waals surface area (Å²) in [6.45, 7) is 5.14. The number of imide groups is 1. The third-order valence-corrected chi connectivity index (χ3v) is 3.03. The monoisotopic (exact) mass is 247 g/mol. The summed E-state index contributed by atoms with van der Waals surface area (Å²) in [5.41, 5.74) is 2.24. The molecule has 1 heterocycles. The van der Waals surface area contributed by atoms with Gasteiger partial charge in [0.05, 0.1) is 6.54 Å². The summed E-state index contributed by atoms with van der Waals surface area (Å²) >= 11 is 0. The number of hydrogen-bond acceptors (Lipinski definition) is 2. The number of nitrogens with zero attached hydrogens (tertiary/aromatic N) is 1. The van der Waals surface area contributed by atoms with Gasteiger partial charge in [0, 0.05) is 11.6 Å². The smallest absolute Gasteiger partial charge is 0.256 e. The van der Waals surface area contributed by atoms with Gasteiger partial charge in [-0.05, 0) is 37.5 Å². The van der Waals surface area contributed by atoms with Gasteiger partial charge in [0.1, 0.15) is 5.82 Å². The molecule has 0 spiro atoms. The maximum atomic E-state index is 13.5. The second kappa shape index (κ2) is 4.37. The first-order valence-corrected chi connectivity index (χ1v) is 5.70. The van der Waals surface area contributed by atoms with E-state index in [0.29, 0.717) is 16.7 Å². The van der Waals surface area contributed by atoms with Crippen LogP contribution in [0.4, 0.5) is 4.39 Å². The van der Waals surface area contributed by atoms with Crippen molar-refractivity contribution >= 4 is 11.8 Å². The fourth-order valence-electron chi connectivity index (χ4n) is 2.10. The predicted octanol–water partition coefficient (Wildman–Crippen LogP) is 2.26. The summed E-state index contributed by atoms with van der Waals surface area (Å²) in [5.74, 6) is -0.830. The van der Waals surface area contributed by atoms with Crippen LogP contribution in [0.15, 0.2) is 23.8 Å². The Balaban J connectivity index is 2.26. The molecule has 0 radical (unpaired) electrons. The Morgan fingerprint density at radius 3 is 2.11 bits per heavy atom. The van der Waals surface area contributed by atoms with Gasteiger partial charge >= 0.3 is 0 Å². The lowest BCUT2D eigenvalue weighted by molar-refractivity contribution is -0.137. The van der Waals surface area contributed by atoms with Gasteiger partial charge < -0.3 is 0 Å². The topological polar surface area (TPSA) is 37.4 Å². The van der Waals surface area contributed by atoms with E-state index in [9.17, 15) is 14.0 Å². The SMILES string of the molecule is CC1=CC(=O)N(Cc2cc(C)c(F)c(C)c2)C1=O. The molecule has 1 aromatic carbocycles. The van der Waals surface area contributed by atoms with Crippen LogP contribution in [0.3, 0.4) is 0 Å². The molecule has 0 saturated heterocycles. The molecule has 1 aliphatic rings. The minimum Gasteiger partial charge on any atom is -0.271 e. The quantitative estimate of drug-likeness (QED) is 0.752. The molecule has 2 amide bonds. The van der Waals surface area contributed by atoms with Crippen molar-refractivity contribution in [3.05, 3.63) is 46.3 Å². The highest BCUT2D eigenvalue weighted by atomic mass is 19.1. The molecule has 0 saturated carbocycles. The van der Waals surface area contributed by atoms with Gasteiger partial charge in [0.15, 0.2) is 0 Å². The van der Waals surface area contributed by atoms with Gasteiger partial charge in [-0.3, -0.25) is 14.5 Å². The van der Waals surface area contributed by atoms with E-state index in [0.717, 1.165) is 5.56 Å². The van der Waals surface area contributed by atoms with Crippen molar-refractivity contribution in [2.75, 3.05) is 0 Å². The maximum Gasteiger partial charge on any atom is 0.256 e. The van der Waals surface area contributed by atoms with Crippen LogP contribution in [0.2, 0.25) is 0 Å². The highest BCUT2D eigenvalue weighted by molar-refractivity contribution is 6.15. The third kappa shape index (κ3) is 2.06. The molecule has 0 bridgehead atoms. The van der Waals surface area contributed by atoms with E-state index in [1.54, 1.807) is 32.9 Å². The van der Waals surface area contributed by atoms with Crippen molar-refractivity contribution in [1.29, 1.82) is 0 Å². The van der Waals surface area contributed by atoms with Crippen LogP contribution >= 0.6 is 0 Å². The summed E-state index contributed by atoms with van der Waals surface area (Å²) in [7, 11) is 0. The molecule has 3 nitrogen and oxygen atoms in total. The number of hydrogen-bond donors (Lipinski definition) is 0. The van der Waals surface area contributed by atoms with Crippen molar-refractivity contribution in [3.63, 3.8) is 0 Å². The zero-order chi connectivity index (χ0) is 13.4. The first-order chi connectivity index (χ1) is 8.40. The maximum absolute atomic E-state index is 13.5. The fraction of sp³-hybridized carbons (Fsp3) is 0.286. The number of amides is 2. The Labute approximate surface area is 105 Å². The summed E-state index contributed by atoms with van der Waals surface area (Å²) in [6.07, 6.45) is 1.32. The molecule has 4 heteroatoms. The summed E-state index contributed by atoms with van der Waals surface area (Å²) < 4.78 is 13.5. The van der Waals surface area contributed by atoms with Crippen molar-refractivity contribution < 1.29 is 14.0 Å². The summed E-state index contributed by atoms with van der Waals surface area (Å²) in [6, 6.07) is 3.33. The van der Waals surface area contributed by atoms with E-state index < -0.39 is 0 Å². The Bertz CT molecular complexity index is 552. The fourth-order valence-corrected chi connectivity index (χ4v) is 2.10. The summed E-state index contributed by atoms with van der Waals surface area (Å²) in [5, 5.41) is 0. The van der Waals surface area contributed by atoms with Crippen LogP contribution in [0.5, 0.6) is 0 Å². The number of rotatable bonds is 2. The first-order valence-electron chi connectivity index (χ1n) is 5.70. The zero-order valence-electron chi connectivity index (χ0n) is 10.6. The van der Waals surface area contributed by atoms with Gasteiger partial charge in [0.2, 0.25) is 0 Å². The van der Waals surface area contributed by atoms with Gasteiger partial charge in [0.25, 0.3) is 11.8 Å². The molecule has 0 atom stereocenters. The molecule has 2 rings (SSSR count). The average Bonchev–Trinajstić information content (AvgIpc) is 2.53. The molecular weight excluding hydrogens is 233 g/mol. The number of aryl methyl sites for hydroxylation is 2. The molecule has 94 valence electrons. The molecular formula is C14H14FNO2. The highest BCUT2D eigenvalue weighted by Crippen LogP contribution is 2.19. The molecule has 0 aliphatic carbocycles. The molecule has 0 unspecified atom stereocenters. The van der Waals surface area contributed by atoms with Crippen LogP contribution in [-0.2, 0) is 16.1 Å². The van der Waals surface area contributed by atoms with Crippen molar-refractivity contribution in [3.8, 4) is 0 Å². The Morgan fingerprint density at radius 2 is 1.67 bits per heavy atom. The van der Waals surface area contributed by atoms with E-state index in [4.69, 9.17) is 0 Å². The number of carbonyl (C=O) groups is 2. The molecule has 0 N–H and O–H groups in total. The largest absolute Gasteiger partial charge is 0.271 e. The van der Waals surface area contributed by atoms with E-state index in [1.807, 2.05) is 0 Å². The lowest BCUT2D eigenvalue weighted by atomic mass is 10.1. The third-order valence-electron chi connectivity index (χ3n) is 3.03. The van der Waals surface area contributed by atoms with Crippen LogP contribution in [-0.4, -0.2) is 16.7 Å². The second-order valence-electron chi connectivity index (χ2n) is 4.60. The van der Waals surface area contributed by atoms with E-state index >= 15 is 0 Å². The minimum atomic E-state index is -0.308.